The lowest BCUT2D eigenvalue weighted by molar-refractivity contribution is -0.137. The normalized spacial score (nSPS) is 20.2. The molecule has 1 aliphatic rings. The van der Waals surface area contributed by atoms with Crippen LogP contribution in [-0.2, 0) is 11.8 Å². The monoisotopic (exact) mass is 404 g/mol. The minimum Gasteiger partial charge on any atom is -0.376 e. The molecule has 3 nitrogen and oxygen atoms in total. The van der Waals surface area contributed by atoms with E-state index in [1.54, 1.807) is 22.2 Å². The molecule has 1 aromatic heterocycles. The Morgan fingerprint density at radius 2 is 1.88 bits per heavy atom. The molecule has 3 aromatic rings. The van der Waals surface area contributed by atoms with Crippen LogP contribution in [0.15, 0.2) is 36.4 Å². The van der Waals surface area contributed by atoms with Crippen LogP contribution in [0, 0.1) is 0 Å². The van der Waals surface area contributed by atoms with E-state index in [0.717, 1.165) is 12.1 Å². The van der Waals surface area contributed by atoms with Crippen LogP contribution >= 0.6 is 35.1 Å². The van der Waals surface area contributed by atoms with Crippen molar-refractivity contribution in [3.8, 4) is 0 Å². The van der Waals surface area contributed by atoms with Gasteiger partial charge in [-0.3, -0.25) is 3.97 Å². The van der Waals surface area contributed by atoms with Crippen molar-refractivity contribution >= 4 is 46.2 Å². The van der Waals surface area contributed by atoms with E-state index in [1.807, 2.05) is 0 Å². The first-order chi connectivity index (χ1) is 11.7. The van der Waals surface area contributed by atoms with Gasteiger partial charge < -0.3 is 5.11 Å². The Balaban J connectivity index is 1.88. The number of imidazole rings is 1. The fourth-order valence-electron chi connectivity index (χ4n) is 2.81. The maximum absolute atomic E-state index is 12.9. The summed E-state index contributed by atoms with van der Waals surface area (Å²) in [4.78, 5) is 4.27. The molecule has 0 saturated carbocycles. The molecule has 1 unspecified atom stereocenters. The third-order valence-electron chi connectivity index (χ3n) is 4.11. The maximum atomic E-state index is 12.9. The lowest BCUT2D eigenvalue weighted by Gasteiger charge is -2.21. The second kappa shape index (κ2) is 5.54. The van der Waals surface area contributed by atoms with Gasteiger partial charge in [0.15, 0.2) is 11.4 Å². The van der Waals surface area contributed by atoms with Crippen LogP contribution in [-0.4, -0.2) is 19.8 Å². The zero-order valence-electron chi connectivity index (χ0n) is 12.3. The molecule has 2 aromatic carbocycles. The van der Waals surface area contributed by atoms with Gasteiger partial charge in [0.05, 0.1) is 32.4 Å². The van der Waals surface area contributed by atoms with Crippen LogP contribution in [0.5, 0.6) is 0 Å². The summed E-state index contributed by atoms with van der Waals surface area (Å²) in [7, 11) is 0. The van der Waals surface area contributed by atoms with Gasteiger partial charge in [-0.25, -0.2) is 4.98 Å². The molecule has 0 bridgehead atoms. The second-order valence-corrected chi connectivity index (χ2v) is 7.42. The molecule has 9 heteroatoms. The van der Waals surface area contributed by atoms with E-state index >= 15 is 0 Å². The summed E-state index contributed by atoms with van der Waals surface area (Å²) >= 11 is 13.2. The Morgan fingerprint density at radius 1 is 1.12 bits per heavy atom. The summed E-state index contributed by atoms with van der Waals surface area (Å²) in [5, 5.41) is 11.8. The molecule has 0 amide bonds. The zero-order chi connectivity index (χ0) is 18.0. The van der Waals surface area contributed by atoms with Gasteiger partial charge in [-0.1, -0.05) is 29.3 Å². The summed E-state index contributed by atoms with van der Waals surface area (Å²) in [6.45, 7) is 0. The van der Waals surface area contributed by atoms with Gasteiger partial charge in [0.25, 0.3) is 0 Å². The van der Waals surface area contributed by atoms with Gasteiger partial charge in [0.1, 0.15) is 0 Å². The predicted molar refractivity (Wildman–Crippen MR) is 92.1 cm³/mol. The first kappa shape index (κ1) is 17.0. The lowest BCUT2D eigenvalue weighted by Crippen LogP contribution is -2.28. The average Bonchev–Trinajstić information content (AvgIpc) is 3.07. The Bertz CT molecular complexity index is 1000. The molecule has 4 rings (SSSR count). The fourth-order valence-corrected chi connectivity index (χ4v) is 4.33. The highest BCUT2D eigenvalue weighted by atomic mass is 35.5. The summed E-state index contributed by atoms with van der Waals surface area (Å²) in [6.07, 6.45) is -4.45. The van der Waals surface area contributed by atoms with Crippen molar-refractivity contribution in [3.63, 3.8) is 0 Å². The van der Waals surface area contributed by atoms with Gasteiger partial charge in [0.2, 0.25) is 0 Å². The molecule has 0 radical (unpaired) electrons. The Labute approximate surface area is 154 Å². The number of fused-ring (bicyclic) bond motifs is 3. The van der Waals surface area contributed by atoms with Gasteiger partial charge >= 0.3 is 6.18 Å². The van der Waals surface area contributed by atoms with Gasteiger partial charge in [-0.05, 0) is 47.8 Å². The number of hydrogen-bond donors (Lipinski definition) is 1. The fraction of sp³-hybridized carbons (Fsp3) is 0.188. The standard InChI is InChI=1S/C16H9Cl2F3N2OS/c17-10-3-1-8(5-11(10)18)15(24)7-25-23-13-4-2-9(16(19,20)21)6-12(13)22-14(15)23/h1-6,24H,7H2. The SMILES string of the molecule is OC1(c2ccc(Cl)c(Cl)c2)CSn2c1nc1cc(C(F)(F)F)ccc12. The smallest absolute Gasteiger partial charge is 0.376 e. The Kier molecular flexibility index (Phi) is 3.77. The number of benzene rings is 2. The van der Waals surface area contributed by atoms with Crippen LogP contribution in [0.3, 0.4) is 0 Å². The van der Waals surface area contributed by atoms with E-state index in [9.17, 15) is 18.3 Å². The third kappa shape index (κ3) is 2.61. The molecule has 1 atom stereocenters. The van der Waals surface area contributed by atoms with Crippen molar-refractivity contribution in [2.24, 2.45) is 0 Å². The number of aromatic nitrogens is 2. The minimum absolute atomic E-state index is 0.176. The lowest BCUT2D eigenvalue weighted by atomic mass is 9.95. The van der Waals surface area contributed by atoms with E-state index < -0.39 is 17.3 Å². The number of nitrogens with zero attached hydrogens (tertiary/aromatic N) is 2. The maximum Gasteiger partial charge on any atom is 0.416 e. The van der Waals surface area contributed by atoms with Crippen LogP contribution in [0.2, 0.25) is 10.0 Å². The van der Waals surface area contributed by atoms with Crippen molar-refractivity contribution in [2.75, 3.05) is 5.75 Å². The molecule has 1 aliphatic heterocycles. The first-order valence-electron chi connectivity index (χ1n) is 7.11. The van der Waals surface area contributed by atoms with Crippen LogP contribution in [0.1, 0.15) is 17.0 Å². The molecule has 25 heavy (non-hydrogen) atoms. The van der Waals surface area contributed by atoms with Crippen molar-refractivity contribution in [3.05, 3.63) is 63.4 Å². The van der Waals surface area contributed by atoms with E-state index in [1.165, 1.54) is 18.0 Å². The van der Waals surface area contributed by atoms with Crippen molar-refractivity contribution in [1.82, 2.24) is 8.96 Å². The van der Waals surface area contributed by atoms with Crippen LogP contribution in [0.4, 0.5) is 13.2 Å². The highest BCUT2D eigenvalue weighted by Gasteiger charge is 2.43. The molecule has 0 spiro atoms. The van der Waals surface area contributed by atoms with Crippen molar-refractivity contribution in [2.45, 2.75) is 11.8 Å². The molecule has 0 fully saturated rings. The molecular weight excluding hydrogens is 396 g/mol. The van der Waals surface area contributed by atoms with Gasteiger partial charge in [-0.2, -0.15) is 13.2 Å². The van der Waals surface area contributed by atoms with Crippen LogP contribution in [0.25, 0.3) is 11.0 Å². The highest BCUT2D eigenvalue weighted by Crippen LogP contribution is 2.44. The largest absolute Gasteiger partial charge is 0.416 e. The van der Waals surface area contributed by atoms with E-state index in [0.29, 0.717) is 16.1 Å². The van der Waals surface area contributed by atoms with Crippen molar-refractivity contribution < 1.29 is 18.3 Å². The number of hydrogen-bond acceptors (Lipinski definition) is 3. The second-order valence-electron chi connectivity index (χ2n) is 5.69. The molecule has 0 aliphatic carbocycles. The third-order valence-corrected chi connectivity index (χ3v) is 6.02. The van der Waals surface area contributed by atoms with E-state index in [4.69, 9.17) is 23.2 Å². The summed E-state index contributed by atoms with van der Waals surface area (Å²) in [5.74, 6) is 0.537. The van der Waals surface area contributed by atoms with E-state index in [-0.39, 0.29) is 22.1 Å². The number of alkyl halides is 3. The molecule has 2 heterocycles. The molecule has 0 saturated heterocycles. The summed E-state index contributed by atoms with van der Waals surface area (Å²) in [6, 6.07) is 8.09. The molecule has 130 valence electrons. The van der Waals surface area contributed by atoms with Crippen molar-refractivity contribution in [1.29, 1.82) is 0 Å². The predicted octanol–water partition coefficient (Wildman–Crippen LogP) is 5.11. The minimum atomic E-state index is -4.45. The summed E-state index contributed by atoms with van der Waals surface area (Å²) in [5.41, 5.74) is -1.06. The number of rotatable bonds is 1. The first-order valence-corrected chi connectivity index (χ1v) is 8.81. The highest BCUT2D eigenvalue weighted by molar-refractivity contribution is 7.98. The van der Waals surface area contributed by atoms with Gasteiger partial charge in [-0.15, -0.1) is 0 Å². The number of aliphatic hydroxyl groups is 1. The van der Waals surface area contributed by atoms with Crippen LogP contribution < -0.4 is 0 Å². The molecule has 1 N–H and O–H groups in total. The molecular formula is C16H9Cl2F3N2OS. The average molecular weight is 405 g/mol. The topological polar surface area (TPSA) is 38.0 Å². The summed E-state index contributed by atoms with van der Waals surface area (Å²) < 4.78 is 40.4. The Hall–Kier alpha value is -1.41. The number of halogens is 5. The van der Waals surface area contributed by atoms with E-state index in [2.05, 4.69) is 4.98 Å². The quantitative estimate of drug-likeness (QED) is 0.612. The Morgan fingerprint density at radius 3 is 2.56 bits per heavy atom. The van der Waals surface area contributed by atoms with Gasteiger partial charge in [0, 0.05) is 0 Å². The zero-order valence-corrected chi connectivity index (χ0v) is 14.6.